The molecule has 0 amide bonds. The van der Waals surface area contributed by atoms with Gasteiger partial charge in [0, 0.05) is 24.7 Å². The number of sulfonamides is 1. The van der Waals surface area contributed by atoms with Crippen LogP contribution in [-0.4, -0.2) is 39.5 Å². The zero-order valence-corrected chi connectivity index (χ0v) is 16.4. The first-order valence-electron chi connectivity index (χ1n) is 8.40. The van der Waals surface area contributed by atoms with Crippen LogP contribution >= 0.6 is 0 Å². The molecule has 9 nitrogen and oxygen atoms in total. The molecule has 0 saturated carbocycles. The standard InChI is InChI=1S/C18H19N5O4S/c1-13-4-9-17(10-18(13)23(24)25)28(26,27)21(3)14(2)15-5-7-16(8-6-15)22-12-19-11-20-22/h4-12,14H,1-3H3/t14-/m1/s1. The van der Waals surface area contributed by atoms with Crippen LogP contribution in [0, 0.1) is 17.0 Å². The summed E-state index contributed by atoms with van der Waals surface area (Å²) in [4.78, 5) is 14.3. The topological polar surface area (TPSA) is 111 Å². The van der Waals surface area contributed by atoms with Crippen molar-refractivity contribution in [2.75, 3.05) is 7.05 Å². The summed E-state index contributed by atoms with van der Waals surface area (Å²) in [6.07, 6.45) is 3.00. The first-order chi connectivity index (χ1) is 13.2. The van der Waals surface area contributed by atoms with Gasteiger partial charge in [-0.3, -0.25) is 10.1 Å². The lowest BCUT2D eigenvalue weighted by molar-refractivity contribution is -0.385. The van der Waals surface area contributed by atoms with Crippen molar-refractivity contribution in [2.45, 2.75) is 24.8 Å². The summed E-state index contributed by atoms with van der Waals surface area (Å²) >= 11 is 0. The van der Waals surface area contributed by atoms with E-state index in [1.54, 1.807) is 24.9 Å². The van der Waals surface area contributed by atoms with E-state index in [4.69, 9.17) is 0 Å². The van der Waals surface area contributed by atoms with Gasteiger partial charge in [0.15, 0.2) is 0 Å². The monoisotopic (exact) mass is 401 g/mol. The Bertz CT molecular complexity index is 1100. The third kappa shape index (κ3) is 3.64. The van der Waals surface area contributed by atoms with E-state index in [0.717, 1.165) is 17.3 Å². The zero-order chi connectivity index (χ0) is 20.5. The quantitative estimate of drug-likeness (QED) is 0.464. The molecule has 3 rings (SSSR count). The number of nitro benzene ring substituents is 1. The second-order valence-corrected chi connectivity index (χ2v) is 8.33. The van der Waals surface area contributed by atoms with Gasteiger partial charge in [-0.25, -0.2) is 18.1 Å². The molecule has 0 bridgehead atoms. The first-order valence-corrected chi connectivity index (χ1v) is 9.84. The molecule has 28 heavy (non-hydrogen) atoms. The van der Waals surface area contributed by atoms with E-state index in [9.17, 15) is 18.5 Å². The zero-order valence-electron chi connectivity index (χ0n) is 15.6. The van der Waals surface area contributed by atoms with Crippen molar-refractivity contribution in [1.29, 1.82) is 0 Å². The summed E-state index contributed by atoms with van der Waals surface area (Å²) in [5.41, 5.74) is 1.76. The Hall–Kier alpha value is -3.11. The van der Waals surface area contributed by atoms with Gasteiger partial charge in [0.05, 0.1) is 15.5 Å². The largest absolute Gasteiger partial charge is 0.273 e. The lowest BCUT2D eigenvalue weighted by atomic mass is 10.1. The van der Waals surface area contributed by atoms with E-state index in [2.05, 4.69) is 10.1 Å². The molecule has 0 aliphatic heterocycles. The Labute approximate surface area is 162 Å². The molecule has 0 aliphatic carbocycles. The number of benzene rings is 2. The maximum atomic E-state index is 13.0. The van der Waals surface area contributed by atoms with Gasteiger partial charge in [0.25, 0.3) is 5.69 Å². The molecule has 0 fully saturated rings. The van der Waals surface area contributed by atoms with Crippen LogP contribution in [0.1, 0.15) is 24.1 Å². The third-order valence-electron chi connectivity index (χ3n) is 4.66. The average molecular weight is 401 g/mol. The highest BCUT2D eigenvalue weighted by Crippen LogP contribution is 2.29. The van der Waals surface area contributed by atoms with Crippen molar-refractivity contribution >= 4 is 15.7 Å². The van der Waals surface area contributed by atoms with Crippen molar-refractivity contribution in [2.24, 2.45) is 0 Å². The Kier molecular flexibility index (Phi) is 5.25. The van der Waals surface area contributed by atoms with Crippen LogP contribution in [0.3, 0.4) is 0 Å². The fourth-order valence-electron chi connectivity index (χ4n) is 2.78. The highest BCUT2D eigenvalue weighted by molar-refractivity contribution is 7.89. The summed E-state index contributed by atoms with van der Waals surface area (Å²) < 4.78 is 28.7. The van der Waals surface area contributed by atoms with Gasteiger partial charge in [-0.1, -0.05) is 18.2 Å². The summed E-state index contributed by atoms with van der Waals surface area (Å²) in [6, 6.07) is 10.7. The third-order valence-corrected chi connectivity index (χ3v) is 6.58. The van der Waals surface area contributed by atoms with Gasteiger partial charge in [-0.05, 0) is 37.6 Å². The Morgan fingerprint density at radius 3 is 2.43 bits per heavy atom. The first kappa shape index (κ1) is 19.6. The number of rotatable bonds is 6. The van der Waals surface area contributed by atoms with Crippen molar-refractivity contribution < 1.29 is 13.3 Å². The molecule has 3 aromatic rings. The molecule has 1 atom stereocenters. The van der Waals surface area contributed by atoms with E-state index < -0.39 is 21.0 Å². The molecule has 1 aromatic heterocycles. The number of nitro groups is 1. The molecule has 0 spiro atoms. The van der Waals surface area contributed by atoms with Crippen LogP contribution < -0.4 is 0 Å². The van der Waals surface area contributed by atoms with Crippen LogP contribution in [0.15, 0.2) is 60.0 Å². The van der Waals surface area contributed by atoms with Crippen LogP contribution in [0.4, 0.5) is 5.69 Å². The van der Waals surface area contributed by atoms with E-state index >= 15 is 0 Å². The molecule has 0 N–H and O–H groups in total. The van der Waals surface area contributed by atoms with Crippen LogP contribution in [-0.2, 0) is 10.0 Å². The maximum Gasteiger partial charge on any atom is 0.273 e. The highest BCUT2D eigenvalue weighted by atomic mass is 32.2. The van der Waals surface area contributed by atoms with Crippen molar-refractivity contribution in [3.05, 3.63) is 76.4 Å². The van der Waals surface area contributed by atoms with Crippen LogP contribution in [0.2, 0.25) is 0 Å². The summed E-state index contributed by atoms with van der Waals surface area (Å²) in [5.74, 6) is 0. The number of nitrogens with zero attached hydrogens (tertiary/aromatic N) is 5. The van der Waals surface area contributed by atoms with Gasteiger partial charge in [0.2, 0.25) is 10.0 Å². The number of hydrogen-bond donors (Lipinski definition) is 0. The van der Waals surface area contributed by atoms with Crippen LogP contribution in [0.5, 0.6) is 0 Å². The van der Waals surface area contributed by atoms with Crippen LogP contribution in [0.25, 0.3) is 5.69 Å². The Balaban J connectivity index is 1.88. The maximum absolute atomic E-state index is 13.0. The van der Waals surface area contributed by atoms with Gasteiger partial charge >= 0.3 is 0 Å². The smallest absolute Gasteiger partial charge is 0.258 e. The fraction of sp³-hybridized carbons (Fsp3) is 0.222. The van der Waals surface area contributed by atoms with Crippen molar-refractivity contribution in [3.8, 4) is 5.69 Å². The van der Waals surface area contributed by atoms with Crippen molar-refractivity contribution in [3.63, 3.8) is 0 Å². The van der Waals surface area contributed by atoms with E-state index in [1.807, 2.05) is 24.3 Å². The van der Waals surface area contributed by atoms with E-state index in [-0.39, 0.29) is 10.6 Å². The summed E-state index contributed by atoms with van der Waals surface area (Å²) in [5, 5.41) is 15.2. The summed E-state index contributed by atoms with van der Waals surface area (Å²) in [7, 11) is -2.46. The van der Waals surface area contributed by atoms with E-state index in [0.29, 0.717) is 5.56 Å². The van der Waals surface area contributed by atoms with E-state index in [1.165, 1.54) is 29.8 Å². The predicted molar refractivity (Wildman–Crippen MR) is 103 cm³/mol. The van der Waals surface area contributed by atoms with Crippen molar-refractivity contribution in [1.82, 2.24) is 19.1 Å². The molecule has 0 radical (unpaired) electrons. The minimum absolute atomic E-state index is 0.113. The molecule has 0 saturated heterocycles. The van der Waals surface area contributed by atoms with Gasteiger partial charge < -0.3 is 0 Å². The van der Waals surface area contributed by atoms with Gasteiger partial charge in [0.1, 0.15) is 12.7 Å². The number of aryl methyl sites for hydroxylation is 1. The SMILES string of the molecule is Cc1ccc(S(=O)(=O)N(C)[C@H](C)c2ccc(-n3cncn3)cc2)cc1[N+](=O)[O-]. The lowest BCUT2D eigenvalue weighted by Gasteiger charge is -2.25. The Morgan fingerprint density at radius 1 is 1.18 bits per heavy atom. The van der Waals surface area contributed by atoms with Gasteiger partial charge in [-0.15, -0.1) is 0 Å². The molecular weight excluding hydrogens is 382 g/mol. The minimum atomic E-state index is -3.91. The average Bonchev–Trinajstić information content (AvgIpc) is 3.21. The molecule has 10 heteroatoms. The molecule has 2 aromatic carbocycles. The highest BCUT2D eigenvalue weighted by Gasteiger charge is 2.28. The fourth-order valence-corrected chi connectivity index (χ4v) is 4.15. The number of hydrogen-bond acceptors (Lipinski definition) is 6. The Morgan fingerprint density at radius 2 is 1.86 bits per heavy atom. The molecule has 1 heterocycles. The lowest BCUT2D eigenvalue weighted by Crippen LogP contribution is -2.30. The molecular formula is C18H19N5O4S. The second-order valence-electron chi connectivity index (χ2n) is 6.33. The molecule has 146 valence electrons. The predicted octanol–water partition coefficient (Wildman–Crippen LogP) is 2.87. The number of aromatic nitrogens is 3. The molecule has 0 aliphatic rings. The molecule has 0 unspecified atom stereocenters. The normalized spacial score (nSPS) is 12.9. The van der Waals surface area contributed by atoms with Gasteiger partial charge in [-0.2, -0.15) is 9.40 Å². The second kappa shape index (κ2) is 7.49. The minimum Gasteiger partial charge on any atom is -0.258 e. The summed E-state index contributed by atoms with van der Waals surface area (Å²) in [6.45, 7) is 3.32.